The van der Waals surface area contributed by atoms with Crippen molar-refractivity contribution in [3.63, 3.8) is 0 Å². The molecule has 0 aromatic carbocycles. The van der Waals surface area contributed by atoms with Gasteiger partial charge in [-0.05, 0) is 37.0 Å². The summed E-state index contributed by atoms with van der Waals surface area (Å²) in [5.41, 5.74) is 1.78. The van der Waals surface area contributed by atoms with Crippen molar-refractivity contribution in [2.75, 3.05) is 0 Å². The van der Waals surface area contributed by atoms with Gasteiger partial charge < -0.3 is 0 Å². The zero-order valence-corrected chi connectivity index (χ0v) is 6.09. The van der Waals surface area contributed by atoms with Crippen molar-refractivity contribution in [2.45, 2.75) is 19.3 Å². The maximum Gasteiger partial charge on any atom is -0.0160 e. The number of hydrogen-bond acceptors (Lipinski definition) is 0. The Hall–Kier alpha value is -0.520. The molecule has 3 aliphatic rings. The second-order valence-corrected chi connectivity index (χ2v) is 3.87. The van der Waals surface area contributed by atoms with Gasteiger partial charge in [-0.25, -0.2) is 0 Å². The Morgan fingerprint density at radius 1 is 1.30 bits per heavy atom. The van der Waals surface area contributed by atoms with Gasteiger partial charge in [0.25, 0.3) is 0 Å². The molecule has 0 saturated heterocycles. The van der Waals surface area contributed by atoms with Crippen LogP contribution in [-0.2, 0) is 0 Å². The minimum atomic E-state index is 0.966. The lowest BCUT2D eigenvalue weighted by Crippen LogP contribution is -2.01. The van der Waals surface area contributed by atoms with E-state index in [1.807, 2.05) is 0 Å². The lowest BCUT2D eigenvalue weighted by Gasteiger charge is -2.14. The molecule has 0 spiro atoms. The normalized spacial score (nSPS) is 48.0. The van der Waals surface area contributed by atoms with Crippen LogP contribution in [0.15, 0.2) is 23.8 Å². The summed E-state index contributed by atoms with van der Waals surface area (Å²) in [5, 5.41) is 0. The van der Waals surface area contributed by atoms with Crippen molar-refractivity contribution in [2.24, 2.45) is 17.8 Å². The molecule has 0 aromatic heterocycles. The molecule has 0 heteroatoms. The van der Waals surface area contributed by atoms with E-state index in [2.05, 4.69) is 18.2 Å². The highest BCUT2D eigenvalue weighted by Gasteiger charge is 2.49. The Morgan fingerprint density at radius 3 is 3.20 bits per heavy atom. The van der Waals surface area contributed by atoms with Crippen LogP contribution in [0.2, 0.25) is 0 Å². The summed E-state index contributed by atoms with van der Waals surface area (Å²) in [6.07, 6.45) is 11.3. The van der Waals surface area contributed by atoms with Gasteiger partial charge in [0.2, 0.25) is 0 Å². The maximum absolute atomic E-state index is 2.37. The van der Waals surface area contributed by atoms with Crippen LogP contribution >= 0.6 is 0 Å². The van der Waals surface area contributed by atoms with Gasteiger partial charge in [-0.3, -0.25) is 0 Å². The van der Waals surface area contributed by atoms with Crippen molar-refractivity contribution >= 4 is 0 Å². The van der Waals surface area contributed by atoms with Crippen LogP contribution < -0.4 is 0 Å². The fourth-order valence-electron chi connectivity index (χ4n) is 2.63. The molecule has 0 amide bonds. The highest BCUT2D eigenvalue weighted by molar-refractivity contribution is 5.32. The Bertz CT molecular complexity index is 222. The molecule has 0 radical (unpaired) electrons. The molecule has 3 rings (SSSR count). The third kappa shape index (κ3) is 0.524. The molecule has 3 unspecified atom stereocenters. The molecule has 2 saturated carbocycles. The largest absolute Gasteiger partial charge is 0.0839 e. The van der Waals surface area contributed by atoms with Crippen LogP contribution in [0.3, 0.4) is 0 Å². The third-order valence-electron chi connectivity index (χ3n) is 3.25. The first-order valence-corrected chi connectivity index (χ1v) is 4.32. The Morgan fingerprint density at radius 2 is 2.30 bits per heavy atom. The fourth-order valence-corrected chi connectivity index (χ4v) is 2.63. The molecule has 0 aliphatic heterocycles. The van der Waals surface area contributed by atoms with E-state index in [0.717, 1.165) is 17.8 Å². The van der Waals surface area contributed by atoms with Gasteiger partial charge in [-0.1, -0.05) is 23.8 Å². The standard InChI is InChI=1S/C10H12/c1-2-4-9-7(3-1)5-8-6-10(8)9/h1-2,4,7-8,10H,3,5-6H2. The van der Waals surface area contributed by atoms with Crippen molar-refractivity contribution in [1.82, 2.24) is 0 Å². The Balaban J connectivity index is 2.00. The third-order valence-corrected chi connectivity index (χ3v) is 3.25. The van der Waals surface area contributed by atoms with Gasteiger partial charge in [0.05, 0.1) is 0 Å². The van der Waals surface area contributed by atoms with Crippen LogP contribution in [0.1, 0.15) is 19.3 Å². The predicted molar refractivity (Wildman–Crippen MR) is 41.5 cm³/mol. The van der Waals surface area contributed by atoms with Crippen LogP contribution in [0, 0.1) is 17.8 Å². The number of fused-ring (bicyclic) bond motifs is 3. The van der Waals surface area contributed by atoms with Gasteiger partial charge in [0.1, 0.15) is 0 Å². The Labute approximate surface area is 61.6 Å². The molecule has 2 fully saturated rings. The van der Waals surface area contributed by atoms with Crippen LogP contribution in [0.4, 0.5) is 0 Å². The summed E-state index contributed by atoms with van der Waals surface area (Å²) in [4.78, 5) is 0. The monoisotopic (exact) mass is 132 g/mol. The second-order valence-electron chi connectivity index (χ2n) is 3.87. The number of rotatable bonds is 0. The van der Waals surface area contributed by atoms with Crippen LogP contribution in [0.25, 0.3) is 0 Å². The molecule has 10 heavy (non-hydrogen) atoms. The first-order valence-electron chi connectivity index (χ1n) is 4.32. The summed E-state index contributed by atoms with van der Waals surface area (Å²) < 4.78 is 0. The molecular weight excluding hydrogens is 120 g/mol. The van der Waals surface area contributed by atoms with E-state index in [9.17, 15) is 0 Å². The van der Waals surface area contributed by atoms with E-state index >= 15 is 0 Å². The van der Waals surface area contributed by atoms with Crippen molar-refractivity contribution in [3.8, 4) is 0 Å². The molecule has 3 aliphatic carbocycles. The minimum absolute atomic E-state index is 0.966. The SMILES string of the molecule is C1=CCC2CC3CC3C2=C1. The molecule has 0 N–H and O–H groups in total. The summed E-state index contributed by atoms with van der Waals surface area (Å²) in [7, 11) is 0. The molecule has 0 bridgehead atoms. The summed E-state index contributed by atoms with van der Waals surface area (Å²) in [6.45, 7) is 0. The van der Waals surface area contributed by atoms with E-state index in [1.54, 1.807) is 5.57 Å². The highest BCUT2D eigenvalue weighted by Crippen LogP contribution is 2.59. The molecule has 0 nitrogen and oxygen atoms in total. The summed E-state index contributed by atoms with van der Waals surface area (Å²) >= 11 is 0. The lowest BCUT2D eigenvalue weighted by molar-refractivity contribution is 0.572. The van der Waals surface area contributed by atoms with E-state index in [-0.39, 0.29) is 0 Å². The first-order chi connectivity index (χ1) is 4.95. The van der Waals surface area contributed by atoms with Gasteiger partial charge in [0, 0.05) is 0 Å². The van der Waals surface area contributed by atoms with E-state index in [1.165, 1.54) is 19.3 Å². The zero-order valence-electron chi connectivity index (χ0n) is 6.09. The fraction of sp³-hybridized carbons (Fsp3) is 0.600. The summed E-state index contributed by atoms with van der Waals surface area (Å²) in [5.74, 6) is 3.11. The average Bonchev–Trinajstić information content (AvgIpc) is 2.64. The van der Waals surface area contributed by atoms with Gasteiger partial charge in [-0.15, -0.1) is 0 Å². The average molecular weight is 132 g/mol. The van der Waals surface area contributed by atoms with E-state index in [4.69, 9.17) is 0 Å². The van der Waals surface area contributed by atoms with E-state index in [0.29, 0.717) is 0 Å². The van der Waals surface area contributed by atoms with Crippen LogP contribution in [-0.4, -0.2) is 0 Å². The molecule has 52 valence electrons. The highest BCUT2D eigenvalue weighted by atomic mass is 14.5. The Kier molecular flexibility index (Phi) is 0.803. The smallest absolute Gasteiger partial charge is 0.0160 e. The lowest BCUT2D eigenvalue weighted by atomic mass is 9.91. The van der Waals surface area contributed by atoms with Crippen LogP contribution in [0.5, 0.6) is 0 Å². The molecule has 0 aromatic rings. The topological polar surface area (TPSA) is 0 Å². The van der Waals surface area contributed by atoms with Crippen molar-refractivity contribution in [1.29, 1.82) is 0 Å². The maximum atomic E-state index is 2.37. The number of hydrogen-bond donors (Lipinski definition) is 0. The van der Waals surface area contributed by atoms with E-state index < -0.39 is 0 Å². The molecule has 3 atom stereocenters. The number of allylic oxidation sites excluding steroid dienone is 4. The molecular formula is C10H12. The minimum Gasteiger partial charge on any atom is -0.0839 e. The molecule has 0 heterocycles. The van der Waals surface area contributed by atoms with Gasteiger partial charge in [0.15, 0.2) is 0 Å². The zero-order chi connectivity index (χ0) is 6.55. The van der Waals surface area contributed by atoms with Gasteiger partial charge >= 0.3 is 0 Å². The quantitative estimate of drug-likeness (QED) is 0.475. The first kappa shape index (κ1) is 5.17. The van der Waals surface area contributed by atoms with Crippen molar-refractivity contribution < 1.29 is 0 Å². The second kappa shape index (κ2) is 1.55. The summed E-state index contributed by atoms with van der Waals surface area (Å²) in [6, 6.07) is 0. The van der Waals surface area contributed by atoms with Gasteiger partial charge in [-0.2, -0.15) is 0 Å². The predicted octanol–water partition coefficient (Wildman–Crippen LogP) is 2.53. The van der Waals surface area contributed by atoms with Crippen molar-refractivity contribution in [3.05, 3.63) is 23.8 Å².